The van der Waals surface area contributed by atoms with Gasteiger partial charge in [0.15, 0.2) is 0 Å². The summed E-state index contributed by atoms with van der Waals surface area (Å²) in [4.78, 5) is 21.8. The molecule has 2 unspecified atom stereocenters. The van der Waals surface area contributed by atoms with Gasteiger partial charge in [-0.1, -0.05) is 11.6 Å². The van der Waals surface area contributed by atoms with E-state index in [4.69, 9.17) is 16.7 Å². The molecule has 2 atom stereocenters. The second-order valence-corrected chi connectivity index (χ2v) is 4.76. The largest absolute Gasteiger partial charge is 0.478 e. The van der Waals surface area contributed by atoms with Crippen LogP contribution >= 0.6 is 11.6 Å². The first kappa shape index (κ1) is 16.4. The molecule has 110 valence electrons. The molecule has 1 aromatic rings. The Morgan fingerprint density at radius 1 is 1.35 bits per heavy atom. The maximum absolute atomic E-state index is 11.1. The van der Waals surface area contributed by atoms with Crippen molar-refractivity contribution in [1.82, 2.24) is 5.32 Å². The zero-order chi connectivity index (χ0) is 15.3. The van der Waals surface area contributed by atoms with E-state index in [0.717, 1.165) is 0 Å². The highest BCUT2D eigenvalue weighted by molar-refractivity contribution is 6.30. The van der Waals surface area contributed by atoms with Crippen molar-refractivity contribution in [2.75, 3.05) is 6.54 Å². The average molecular weight is 302 g/mol. The summed E-state index contributed by atoms with van der Waals surface area (Å²) in [6.07, 6.45) is -2.52. The fourth-order valence-electron chi connectivity index (χ4n) is 1.73. The summed E-state index contributed by atoms with van der Waals surface area (Å²) in [6.45, 7) is 1.51. The molecule has 1 amide bonds. The summed E-state index contributed by atoms with van der Waals surface area (Å²) in [7, 11) is 0. The number of carbonyl (C=O) groups is 2. The van der Waals surface area contributed by atoms with Gasteiger partial charge in [-0.25, -0.2) is 4.79 Å². The number of carbonyl (C=O) groups excluding carboxylic acids is 1. The van der Waals surface area contributed by atoms with Gasteiger partial charge in [-0.3, -0.25) is 4.79 Å². The van der Waals surface area contributed by atoms with Crippen LogP contribution in [0.4, 0.5) is 0 Å². The average Bonchev–Trinajstić information content (AvgIpc) is 2.36. The van der Waals surface area contributed by atoms with Gasteiger partial charge in [-0.15, -0.1) is 0 Å². The standard InChI is InChI=1S/C13H16ClNO5/c1-7(16)15-5-4-11(17)12(18)10-6-8(14)2-3-9(10)13(19)20/h2-3,6,11-12,17-18H,4-5H2,1H3,(H,15,16)(H,19,20). The molecule has 1 aromatic carbocycles. The highest BCUT2D eigenvalue weighted by atomic mass is 35.5. The first-order chi connectivity index (χ1) is 9.32. The lowest BCUT2D eigenvalue weighted by Crippen LogP contribution is -2.28. The molecule has 0 saturated heterocycles. The van der Waals surface area contributed by atoms with Crippen molar-refractivity contribution < 1.29 is 24.9 Å². The van der Waals surface area contributed by atoms with Gasteiger partial charge >= 0.3 is 5.97 Å². The molecule has 0 heterocycles. The van der Waals surface area contributed by atoms with Crippen LogP contribution < -0.4 is 5.32 Å². The molecule has 0 bridgehead atoms. The van der Waals surface area contributed by atoms with E-state index < -0.39 is 18.2 Å². The summed E-state index contributed by atoms with van der Waals surface area (Å²) in [5, 5.41) is 31.7. The van der Waals surface area contributed by atoms with Crippen molar-refractivity contribution in [1.29, 1.82) is 0 Å². The minimum absolute atomic E-state index is 0.0420. The molecule has 0 fully saturated rings. The Morgan fingerprint density at radius 3 is 2.55 bits per heavy atom. The second-order valence-electron chi connectivity index (χ2n) is 4.32. The van der Waals surface area contributed by atoms with Crippen LogP contribution in [0.15, 0.2) is 18.2 Å². The third-order valence-electron chi connectivity index (χ3n) is 2.74. The van der Waals surface area contributed by atoms with E-state index in [1.54, 1.807) is 0 Å². The molecule has 0 aliphatic rings. The summed E-state index contributed by atoms with van der Waals surface area (Å²) >= 11 is 5.77. The number of amides is 1. The zero-order valence-corrected chi connectivity index (χ0v) is 11.6. The van der Waals surface area contributed by atoms with E-state index >= 15 is 0 Å². The summed E-state index contributed by atoms with van der Waals surface area (Å²) in [6, 6.07) is 3.96. The zero-order valence-electron chi connectivity index (χ0n) is 10.8. The second kappa shape index (κ2) is 7.23. The van der Waals surface area contributed by atoms with Crippen molar-refractivity contribution in [2.45, 2.75) is 25.6 Å². The Kier molecular flexibility index (Phi) is 5.94. The molecule has 1 rings (SSSR count). The highest BCUT2D eigenvalue weighted by Gasteiger charge is 2.23. The van der Waals surface area contributed by atoms with E-state index in [1.807, 2.05) is 0 Å². The molecule has 0 aliphatic heterocycles. The van der Waals surface area contributed by atoms with E-state index in [0.29, 0.717) is 0 Å². The van der Waals surface area contributed by atoms with Crippen molar-refractivity contribution in [3.05, 3.63) is 34.3 Å². The maximum atomic E-state index is 11.1. The van der Waals surface area contributed by atoms with Crippen molar-refractivity contribution in [3.8, 4) is 0 Å². The quantitative estimate of drug-likeness (QED) is 0.626. The van der Waals surface area contributed by atoms with Crippen LogP contribution in [0.1, 0.15) is 35.4 Å². The number of benzene rings is 1. The lowest BCUT2D eigenvalue weighted by Gasteiger charge is -2.20. The molecule has 7 heteroatoms. The Morgan fingerprint density at radius 2 is 2.00 bits per heavy atom. The first-order valence-electron chi connectivity index (χ1n) is 5.96. The Hall–Kier alpha value is -1.63. The third-order valence-corrected chi connectivity index (χ3v) is 2.98. The van der Waals surface area contributed by atoms with E-state index in [1.165, 1.54) is 25.1 Å². The number of rotatable bonds is 6. The molecule has 0 radical (unpaired) electrons. The smallest absolute Gasteiger partial charge is 0.336 e. The predicted molar refractivity (Wildman–Crippen MR) is 72.7 cm³/mol. The van der Waals surface area contributed by atoms with Gasteiger partial charge in [0.05, 0.1) is 11.7 Å². The van der Waals surface area contributed by atoms with Gasteiger partial charge in [0.25, 0.3) is 0 Å². The molecule has 0 spiro atoms. The number of nitrogens with one attached hydrogen (secondary N) is 1. The Balaban J connectivity index is 2.84. The highest BCUT2D eigenvalue weighted by Crippen LogP contribution is 2.26. The Bertz CT molecular complexity index is 506. The SMILES string of the molecule is CC(=O)NCCC(O)C(O)c1cc(Cl)ccc1C(=O)O. The molecule has 20 heavy (non-hydrogen) atoms. The van der Waals surface area contributed by atoms with Gasteiger partial charge in [-0.2, -0.15) is 0 Å². The predicted octanol–water partition coefficient (Wildman–Crippen LogP) is 0.959. The van der Waals surface area contributed by atoms with Gasteiger partial charge in [0.2, 0.25) is 5.91 Å². The van der Waals surface area contributed by atoms with Gasteiger partial charge < -0.3 is 20.6 Å². The molecular formula is C13H16ClNO5. The number of aromatic carboxylic acids is 1. The number of aliphatic hydroxyl groups excluding tert-OH is 2. The van der Waals surface area contributed by atoms with E-state index in [-0.39, 0.29) is 35.0 Å². The normalized spacial score (nSPS) is 13.6. The third kappa shape index (κ3) is 4.48. The number of carboxylic acids is 1. The van der Waals surface area contributed by atoms with Crippen molar-refractivity contribution in [3.63, 3.8) is 0 Å². The summed E-state index contributed by atoms with van der Waals surface area (Å²) in [5.74, 6) is -1.47. The van der Waals surface area contributed by atoms with E-state index in [2.05, 4.69) is 5.32 Å². The fourth-order valence-corrected chi connectivity index (χ4v) is 1.91. The van der Waals surface area contributed by atoms with Crippen LogP contribution in [0.3, 0.4) is 0 Å². The van der Waals surface area contributed by atoms with Gasteiger partial charge in [0.1, 0.15) is 6.10 Å². The fraction of sp³-hybridized carbons (Fsp3) is 0.385. The monoisotopic (exact) mass is 301 g/mol. The molecule has 4 N–H and O–H groups in total. The van der Waals surface area contributed by atoms with Crippen LogP contribution in [0, 0.1) is 0 Å². The molecule has 6 nitrogen and oxygen atoms in total. The number of aliphatic hydroxyl groups is 2. The van der Waals surface area contributed by atoms with E-state index in [9.17, 15) is 19.8 Å². The minimum Gasteiger partial charge on any atom is -0.478 e. The molecular weight excluding hydrogens is 286 g/mol. The topological polar surface area (TPSA) is 107 Å². The molecule has 0 aromatic heterocycles. The number of hydrogen-bond acceptors (Lipinski definition) is 4. The summed E-state index contributed by atoms with van der Waals surface area (Å²) < 4.78 is 0. The first-order valence-corrected chi connectivity index (χ1v) is 6.34. The van der Waals surface area contributed by atoms with Gasteiger partial charge in [0, 0.05) is 18.5 Å². The van der Waals surface area contributed by atoms with Gasteiger partial charge in [-0.05, 0) is 30.2 Å². The van der Waals surface area contributed by atoms with Crippen LogP contribution in [0.5, 0.6) is 0 Å². The number of hydrogen-bond donors (Lipinski definition) is 4. The molecule has 0 aliphatic carbocycles. The molecule has 0 saturated carbocycles. The lowest BCUT2D eigenvalue weighted by molar-refractivity contribution is -0.119. The van der Waals surface area contributed by atoms with Crippen LogP contribution in [-0.2, 0) is 4.79 Å². The number of halogens is 1. The van der Waals surface area contributed by atoms with Crippen molar-refractivity contribution >= 4 is 23.5 Å². The Labute approximate surface area is 121 Å². The summed E-state index contributed by atoms with van der Waals surface area (Å²) in [5.41, 5.74) is -0.0826. The van der Waals surface area contributed by atoms with Crippen LogP contribution in [-0.4, -0.2) is 39.8 Å². The van der Waals surface area contributed by atoms with Crippen LogP contribution in [0.2, 0.25) is 5.02 Å². The van der Waals surface area contributed by atoms with Crippen molar-refractivity contribution in [2.24, 2.45) is 0 Å². The van der Waals surface area contributed by atoms with Crippen LogP contribution in [0.25, 0.3) is 0 Å². The minimum atomic E-state index is -1.39. The lowest BCUT2D eigenvalue weighted by atomic mass is 9.97. The number of carboxylic acid groups (broad SMARTS) is 1. The maximum Gasteiger partial charge on any atom is 0.336 e.